The fraction of sp³-hybridized carbons (Fsp3) is 0.500. The average molecular weight is 235 g/mol. The molecule has 0 aliphatic heterocycles. The van der Waals surface area contributed by atoms with E-state index in [2.05, 4.69) is 13.8 Å². The summed E-state index contributed by atoms with van der Waals surface area (Å²) in [6.07, 6.45) is -0.278. The molecule has 0 N–H and O–H groups in total. The van der Waals surface area contributed by atoms with Gasteiger partial charge < -0.3 is 9.64 Å². The molecule has 0 aliphatic carbocycles. The lowest BCUT2D eigenvalue weighted by Gasteiger charge is -2.27. The topological polar surface area (TPSA) is 29.5 Å². The zero-order valence-corrected chi connectivity index (χ0v) is 11.0. The Hall–Kier alpha value is -1.51. The molecular weight excluding hydrogens is 214 g/mol. The number of benzene rings is 1. The van der Waals surface area contributed by atoms with Crippen molar-refractivity contribution in [2.75, 3.05) is 6.54 Å². The first-order valence-corrected chi connectivity index (χ1v) is 6.04. The minimum absolute atomic E-state index is 0.147. The summed E-state index contributed by atoms with van der Waals surface area (Å²) in [6, 6.07) is 9.31. The number of hydrogen-bond donors (Lipinski definition) is 0. The van der Waals surface area contributed by atoms with Crippen molar-refractivity contribution < 1.29 is 9.53 Å². The highest BCUT2D eigenvalue weighted by Gasteiger charge is 2.19. The molecule has 17 heavy (non-hydrogen) atoms. The van der Waals surface area contributed by atoms with E-state index in [4.69, 9.17) is 4.74 Å². The van der Waals surface area contributed by atoms with Crippen molar-refractivity contribution in [1.29, 1.82) is 0 Å². The van der Waals surface area contributed by atoms with Crippen LogP contribution in [0.2, 0.25) is 0 Å². The van der Waals surface area contributed by atoms with Crippen LogP contribution >= 0.6 is 0 Å². The Kier molecular flexibility index (Phi) is 5.01. The lowest BCUT2D eigenvalue weighted by Crippen LogP contribution is -2.41. The van der Waals surface area contributed by atoms with Gasteiger partial charge in [0, 0.05) is 12.6 Å². The number of hydrogen-bond acceptors (Lipinski definition) is 2. The first-order valence-electron chi connectivity index (χ1n) is 6.04. The molecule has 1 aromatic rings. The molecule has 0 fully saturated rings. The average Bonchev–Trinajstić information content (AvgIpc) is 2.26. The highest BCUT2D eigenvalue weighted by atomic mass is 16.6. The number of nitrogens with zero attached hydrogens (tertiary/aromatic N) is 1. The summed E-state index contributed by atoms with van der Waals surface area (Å²) in [5.74, 6) is 1.02. The maximum absolute atomic E-state index is 12.0. The Balaban J connectivity index is 2.66. The second-order valence-electron chi connectivity index (χ2n) is 4.82. The molecular formula is C14H21NO2. The van der Waals surface area contributed by atoms with Crippen molar-refractivity contribution in [2.45, 2.75) is 33.7 Å². The van der Waals surface area contributed by atoms with Crippen LogP contribution in [0.5, 0.6) is 5.75 Å². The molecule has 3 heteroatoms. The maximum atomic E-state index is 12.0. The Morgan fingerprint density at radius 2 is 1.76 bits per heavy atom. The highest BCUT2D eigenvalue weighted by Crippen LogP contribution is 2.12. The highest BCUT2D eigenvalue weighted by molar-refractivity contribution is 5.70. The molecule has 0 aromatic heterocycles. The number of carbonyl (C=O) groups excluding carboxylic acids is 1. The number of para-hydroxylation sites is 1. The molecule has 0 bridgehead atoms. The van der Waals surface area contributed by atoms with E-state index in [1.54, 1.807) is 17.0 Å². The van der Waals surface area contributed by atoms with Crippen molar-refractivity contribution in [3.8, 4) is 5.75 Å². The summed E-state index contributed by atoms with van der Waals surface area (Å²) in [4.78, 5) is 13.7. The van der Waals surface area contributed by atoms with Crippen molar-refractivity contribution in [3.63, 3.8) is 0 Å². The monoisotopic (exact) mass is 235 g/mol. The van der Waals surface area contributed by atoms with E-state index in [1.165, 1.54) is 0 Å². The van der Waals surface area contributed by atoms with E-state index in [0.717, 1.165) is 0 Å². The fourth-order valence-electron chi connectivity index (χ4n) is 1.54. The predicted molar refractivity (Wildman–Crippen MR) is 69.1 cm³/mol. The van der Waals surface area contributed by atoms with Crippen LogP contribution in [0, 0.1) is 5.92 Å². The molecule has 94 valence electrons. The SMILES string of the molecule is CC(C)CN(C(=O)Oc1ccccc1)C(C)C. The Morgan fingerprint density at radius 1 is 1.18 bits per heavy atom. The van der Waals surface area contributed by atoms with Gasteiger partial charge in [-0.05, 0) is 31.9 Å². The van der Waals surface area contributed by atoms with Gasteiger partial charge >= 0.3 is 6.09 Å². The Labute approximate surface area is 103 Å². The number of amides is 1. The largest absolute Gasteiger partial charge is 0.415 e. The summed E-state index contributed by atoms with van der Waals surface area (Å²) in [7, 11) is 0. The number of ether oxygens (including phenoxy) is 1. The Bertz CT molecular complexity index is 346. The second-order valence-corrected chi connectivity index (χ2v) is 4.82. The molecule has 0 unspecified atom stereocenters. The first kappa shape index (κ1) is 13.6. The third-order valence-electron chi connectivity index (χ3n) is 2.37. The van der Waals surface area contributed by atoms with Gasteiger partial charge in [0.1, 0.15) is 5.75 Å². The van der Waals surface area contributed by atoms with E-state index in [1.807, 2.05) is 32.0 Å². The lowest BCUT2D eigenvalue weighted by atomic mass is 10.2. The summed E-state index contributed by atoms with van der Waals surface area (Å²) in [5, 5.41) is 0. The standard InChI is InChI=1S/C14H21NO2/c1-11(2)10-15(12(3)4)14(16)17-13-8-6-5-7-9-13/h5-9,11-12H,10H2,1-4H3. The van der Waals surface area contributed by atoms with Gasteiger partial charge in [-0.1, -0.05) is 32.0 Å². The zero-order valence-electron chi connectivity index (χ0n) is 11.0. The van der Waals surface area contributed by atoms with Gasteiger partial charge in [0.2, 0.25) is 0 Å². The van der Waals surface area contributed by atoms with E-state index >= 15 is 0 Å². The van der Waals surface area contributed by atoms with E-state index < -0.39 is 0 Å². The van der Waals surface area contributed by atoms with Gasteiger partial charge in [0.05, 0.1) is 0 Å². The van der Waals surface area contributed by atoms with Crippen LogP contribution in [-0.4, -0.2) is 23.6 Å². The molecule has 0 saturated heterocycles. The van der Waals surface area contributed by atoms with Gasteiger partial charge in [-0.15, -0.1) is 0 Å². The molecule has 0 aliphatic rings. The molecule has 3 nitrogen and oxygen atoms in total. The fourth-order valence-corrected chi connectivity index (χ4v) is 1.54. The van der Waals surface area contributed by atoms with Crippen molar-refractivity contribution >= 4 is 6.09 Å². The molecule has 0 radical (unpaired) electrons. The molecule has 0 saturated carbocycles. The van der Waals surface area contributed by atoms with Crippen LogP contribution < -0.4 is 4.74 Å². The van der Waals surface area contributed by atoms with E-state index in [-0.39, 0.29) is 12.1 Å². The van der Waals surface area contributed by atoms with E-state index in [0.29, 0.717) is 18.2 Å². The Morgan fingerprint density at radius 3 is 2.24 bits per heavy atom. The molecule has 1 rings (SSSR count). The van der Waals surface area contributed by atoms with Crippen LogP contribution in [0.1, 0.15) is 27.7 Å². The van der Waals surface area contributed by atoms with Gasteiger partial charge in [-0.2, -0.15) is 0 Å². The van der Waals surface area contributed by atoms with Gasteiger partial charge in [0.15, 0.2) is 0 Å². The molecule has 1 amide bonds. The summed E-state index contributed by atoms with van der Waals surface area (Å²) < 4.78 is 5.33. The van der Waals surface area contributed by atoms with Crippen LogP contribution in [-0.2, 0) is 0 Å². The van der Waals surface area contributed by atoms with E-state index in [9.17, 15) is 4.79 Å². The quantitative estimate of drug-likeness (QED) is 0.798. The van der Waals surface area contributed by atoms with Crippen LogP contribution in [0.25, 0.3) is 0 Å². The van der Waals surface area contributed by atoms with Crippen molar-refractivity contribution in [3.05, 3.63) is 30.3 Å². The first-order chi connectivity index (χ1) is 8.00. The minimum atomic E-state index is -0.278. The molecule has 0 heterocycles. The zero-order chi connectivity index (χ0) is 12.8. The normalized spacial score (nSPS) is 10.7. The minimum Gasteiger partial charge on any atom is -0.410 e. The third kappa shape index (κ3) is 4.47. The molecule has 1 aromatic carbocycles. The van der Waals surface area contributed by atoms with Crippen molar-refractivity contribution in [1.82, 2.24) is 4.90 Å². The molecule has 0 spiro atoms. The van der Waals surface area contributed by atoms with Crippen molar-refractivity contribution in [2.24, 2.45) is 5.92 Å². The van der Waals surface area contributed by atoms with Gasteiger partial charge in [-0.25, -0.2) is 4.79 Å². The molecule has 0 atom stereocenters. The van der Waals surface area contributed by atoms with Crippen LogP contribution in [0.4, 0.5) is 4.79 Å². The summed E-state index contributed by atoms with van der Waals surface area (Å²) in [6.45, 7) is 8.88. The summed E-state index contributed by atoms with van der Waals surface area (Å²) >= 11 is 0. The second kappa shape index (κ2) is 6.28. The van der Waals surface area contributed by atoms with Crippen LogP contribution in [0.3, 0.4) is 0 Å². The summed E-state index contributed by atoms with van der Waals surface area (Å²) in [5.41, 5.74) is 0. The van der Waals surface area contributed by atoms with Crippen LogP contribution in [0.15, 0.2) is 30.3 Å². The number of carbonyl (C=O) groups is 1. The predicted octanol–water partition coefficient (Wildman–Crippen LogP) is 3.55. The van der Waals surface area contributed by atoms with Gasteiger partial charge in [-0.3, -0.25) is 0 Å². The van der Waals surface area contributed by atoms with Gasteiger partial charge in [0.25, 0.3) is 0 Å². The maximum Gasteiger partial charge on any atom is 0.415 e. The smallest absolute Gasteiger partial charge is 0.410 e. The number of rotatable bonds is 4. The lowest BCUT2D eigenvalue weighted by molar-refractivity contribution is 0.132. The third-order valence-corrected chi connectivity index (χ3v) is 2.37.